The fraction of sp³-hybridized carbons (Fsp3) is 1.00. The van der Waals surface area contributed by atoms with Gasteiger partial charge in [-0.05, 0) is 25.7 Å². The first kappa shape index (κ1) is 12.9. The van der Waals surface area contributed by atoms with Crippen molar-refractivity contribution in [2.45, 2.75) is 37.8 Å². The number of nitrogens with zero attached hydrogens (tertiary/aromatic N) is 2. The highest BCUT2D eigenvalue weighted by Gasteiger charge is 2.30. The molecule has 4 heteroatoms. The van der Waals surface area contributed by atoms with Gasteiger partial charge in [-0.1, -0.05) is 0 Å². The van der Waals surface area contributed by atoms with Gasteiger partial charge in [0.2, 0.25) is 0 Å². The number of nitrogens with one attached hydrogen (secondary N) is 1. The SMILES string of the molecule is C(CN1CCN(C2CC2)CC1)NC1CCOCC1. The largest absolute Gasteiger partial charge is 0.381 e. The summed E-state index contributed by atoms with van der Waals surface area (Å²) in [5.74, 6) is 0. The summed E-state index contributed by atoms with van der Waals surface area (Å²) in [5.41, 5.74) is 0. The molecule has 0 bridgehead atoms. The third kappa shape index (κ3) is 3.67. The van der Waals surface area contributed by atoms with Gasteiger partial charge in [0.15, 0.2) is 0 Å². The lowest BCUT2D eigenvalue weighted by molar-refractivity contribution is 0.0757. The molecule has 3 rings (SSSR count). The number of hydrogen-bond acceptors (Lipinski definition) is 4. The van der Waals surface area contributed by atoms with Crippen LogP contribution in [0.5, 0.6) is 0 Å². The van der Waals surface area contributed by atoms with Crippen molar-refractivity contribution >= 4 is 0 Å². The van der Waals surface area contributed by atoms with Crippen LogP contribution >= 0.6 is 0 Å². The molecule has 1 N–H and O–H groups in total. The molecule has 18 heavy (non-hydrogen) atoms. The third-order valence-corrected chi connectivity index (χ3v) is 4.55. The van der Waals surface area contributed by atoms with E-state index in [2.05, 4.69) is 15.1 Å². The van der Waals surface area contributed by atoms with Gasteiger partial charge in [-0.15, -0.1) is 0 Å². The Bertz CT molecular complexity index is 243. The van der Waals surface area contributed by atoms with Crippen molar-refractivity contribution in [2.75, 3.05) is 52.5 Å². The zero-order chi connectivity index (χ0) is 12.2. The number of hydrogen-bond donors (Lipinski definition) is 1. The first-order valence-electron chi connectivity index (χ1n) is 7.69. The topological polar surface area (TPSA) is 27.7 Å². The van der Waals surface area contributed by atoms with E-state index < -0.39 is 0 Å². The second-order valence-electron chi connectivity index (χ2n) is 5.95. The fourth-order valence-electron chi connectivity index (χ4n) is 3.12. The number of piperazine rings is 1. The van der Waals surface area contributed by atoms with Crippen LogP contribution in [0.2, 0.25) is 0 Å². The fourth-order valence-corrected chi connectivity index (χ4v) is 3.12. The van der Waals surface area contributed by atoms with Crippen molar-refractivity contribution in [3.63, 3.8) is 0 Å². The Morgan fingerprint density at radius 3 is 2.33 bits per heavy atom. The molecule has 1 aliphatic carbocycles. The highest BCUT2D eigenvalue weighted by atomic mass is 16.5. The van der Waals surface area contributed by atoms with Gasteiger partial charge in [0.25, 0.3) is 0 Å². The normalized spacial score (nSPS) is 28.7. The number of rotatable bonds is 5. The minimum absolute atomic E-state index is 0.700. The Balaban J connectivity index is 1.27. The summed E-state index contributed by atoms with van der Waals surface area (Å²) in [4.78, 5) is 5.30. The zero-order valence-corrected chi connectivity index (χ0v) is 11.4. The Kier molecular flexibility index (Phi) is 4.52. The van der Waals surface area contributed by atoms with Gasteiger partial charge in [0.1, 0.15) is 0 Å². The maximum Gasteiger partial charge on any atom is 0.0480 e. The first-order valence-corrected chi connectivity index (χ1v) is 7.69. The highest BCUT2D eigenvalue weighted by molar-refractivity contribution is 4.87. The summed E-state index contributed by atoms with van der Waals surface area (Å²) in [7, 11) is 0. The van der Waals surface area contributed by atoms with E-state index in [-0.39, 0.29) is 0 Å². The monoisotopic (exact) mass is 253 g/mol. The molecular weight excluding hydrogens is 226 g/mol. The smallest absolute Gasteiger partial charge is 0.0480 e. The Labute approximate surface area is 111 Å². The summed E-state index contributed by atoms with van der Waals surface area (Å²) in [6.07, 6.45) is 5.28. The van der Waals surface area contributed by atoms with Crippen LogP contribution in [0.4, 0.5) is 0 Å². The Hall–Kier alpha value is -0.160. The average molecular weight is 253 g/mol. The van der Waals surface area contributed by atoms with Crippen molar-refractivity contribution in [2.24, 2.45) is 0 Å². The maximum absolute atomic E-state index is 5.38. The maximum atomic E-state index is 5.38. The summed E-state index contributed by atoms with van der Waals surface area (Å²) < 4.78 is 5.38. The molecule has 0 radical (unpaired) electrons. The Morgan fingerprint density at radius 1 is 0.944 bits per heavy atom. The molecule has 2 saturated heterocycles. The zero-order valence-electron chi connectivity index (χ0n) is 11.4. The van der Waals surface area contributed by atoms with E-state index in [1.54, 1.807) is 0 Å². The van der Waals surface area contributed by atoms with Crippen molar-refractivity contribution in [3.8, 4) is 0 Å². The van der Waals surface area contributed by atoms with Crippen LogP contribution in [-0.2, 0) is 4.74 Å². The summed E-state index contributed by atoms with van der Waals surface area (Å²) in [5, 5.41) is 3.68. The molecule has 3 fully saturated rings. The second-order valence-corrected chi connectivity index (χ2v) is 5.95. The molecule has 4 nitrogen and oxygen atoms in total. The standard InChI is InChI=1S/C14H27N3O/c1-2-14(1)17-9-7-16(8-10-17)6-5-15-13-3-11-18-12-4-13/h13-15H,1-12H2. The van der Waals surface area contributed by atoms with Gasteiger partial charge in [-0.25, -0.2) is 0 Å². The van der Waals surface area contributed by atoms with Crippen LogP contribution in [0.25, 0.3) is 0 Å². The van der Waals surface area contributed by atoms with Crippen molar-refractivity contribution in [1.82, 2.24) is 15.1 Å². The van der Waals surface area contributed by atoms with Gasteiger partial charge in [0.05, 0.1) is 0 Å². The molecule has 0 aromatic heterocycles. The summed E-state index contributed by atoms with van der Waals surface area (Å²) >= 11 is 0. The van der Waals surface area contributed by atoms with Crippen LogP contribution in [0.15, 0.2) is 0 Å². The molecule has 2 heterocycles. The van der Waals surface area contributed by atoms with Crippen LogP contribution < -0.4 is 5.32 Å². The second kappa shape index (κ2) is 6.33. The lowest BCUT2D eigenvalue weighted by Gasteiger charge is -2.35. The molecule has 104 valence electrons. The van der Waals surface area contributed by atoms with Gasteiger partial charge >= 0.3 is 0 Å². The van der Waals surface area contributed by atoms with E-state index in [9.17, 15) is 0 Å². The van der Waals surface area contributed by atoms with E-state index in [4.69, 9.17) is 4.74 Å². The Morgan fingerprint density at radius 2 is 1.67 bits per heavy atom. The molecule has 0 atom stereocenters. The molecule has 0 spiro atoms. The molecular formula is C14H27N3O. The van der Waals surface area contributed by atoms with Crippen LogP contribution in [0.3, 0.4) is 0 Å². The molecule has 0 aromatic rings. The molecule has 3 aliphatic rings. The van der Waals surface area contributed by atoms with Crippen molar-refractivity contribution in [3.05, 3.63) is 0 Å². The van der Waals surface area contributed by atoms with Crippen LogP contribution in [0.1, 0.15) is 25.7 Å². The quantitative estimate of drug-likeness (QED) is 0.774. The van der Waals surface area contributed by atoms with Gasteiger partial charge in [-0.3, -0.25) is 9.80 Å². The summed E-state index contributed by atoms with van der Waals surface area (Å²) in [6, 6.07) is 1.65. The van der Waals surface area contributed by atoms with Gasteiger partial charge < -0.3 is 10.1 Å². The van der Waals surface area contributed by atoms with Gasteiger partial charge in [-0.2, -0.15) is 0 Å². The molecule has 2 aliphatic heterocycles. The molecule has 0 unspecified atom stereocenters. The van der Waals surface area contributed by atoms with Crippen LogP contribution in [-0.4, -0.2) is 74.4 Å². The predicted octanol–water partition coefficient (Wildman–Crippen LogP) is 0.535. The van der Waals surface area contributed by atoms with E-state index in [0.29, 0.717) is 6.04 Å². The third-order valence-electron chi connectivity index (χ3n) is 4.55. The first-order chi connectivity index (χ1) is 8.92. The van der Waals surface area contributed by atoms with Crippen molar-refractivity contribution < 1.29 is 4.74 Å². The van der Waals surface area contributed by atoms with Crippen LogP contribution in [0, 0.1) is 0 Å². The van der Waals surface area contributed by atoms with E-state index in [0.717, 1.165) is 25.8 Å². The average Bonchev–Trinajstić information content (AvgIpc) is 3.25. The lowest BCUT2D eigenvalue weighted by atomic mass is 10.1. The van der Waals surface area contributed by atoms with E-state index in [1.807, 2.05) is 0 Å². The molecule has 1 saturated carbocycles. The highest BCUT2D eigenvalue weighted by Crippen LogP contribution is 2.27. The molecule has 0 amide bonds. The van der Waals surface area contributed by atoms with Crippen molar-refractivity contribution in [1.29, 1.82) is 0 Å². The predicted molar refractivity (Wildman–Crippen MR) is 72.9 cm³/mol. The molecule has 0 aromatic carbocycles. The lowest BCUT2D eigenvalue weighted by Crippen LogP contribution is -2.49. The number of ether oxygens (including phenoxy) is 1. The van der Waals surface area contributed by atoms with E-state index >= 15 is 0 Å². The minimum Gasteiger partial charge on any atom is -0.381 e. The van der Waals surface area contributed by atoms with Gasteiger partial charge in [0, 0.05) is 64.6 Å². The van der Waals surface area contributed by atoms with E-state index in [1.165, 1.54) is 58.4 Å². The minimum atomic E-state index is 0.700. The summed E-state index contributed by atoms with van der Waals surface area (Å²) in [6.45, 7) is 9.38.